The van der Waals surface area contributed by atoms with Gasteiger partial charge in [-0.15, -0.1) is 8.78 Å². The fourth-order valence-corrected chi connectivity index (χ4v) is 2.22. The van der Waals surface area contributed by atoms with Crippen LogP contribution in [0.1, 0.15) is 37.0 Å². The van der Waals surface area contributed by atoms with Crippen LogP contribution < -0.4 is 9.47 Å². The van der Waals surface area contributed by atoms with Gasteiger partial charge in [-0.05, 0) is 37.6 Å². The summed E-state index contributed by atoms with van der Waals surface area (Å²) < 4.78 is 34.6. The van der Waals surface area contributed by atoms with Crippen molar-refractivity contribution in [3.63, 3.8) is 0 Å². The Morgan fingerprint density at radius 3 is 2.52 bits per heavy atom. The van der Waals surface area contributed by atoms with Crippen molar-refractivity contribution >= 4 is 17.8 Å². The van der Waals surface area contributed by atoms with Gasteiger partial charge >= 0.3 is 6.29 Å². The van der Waals surface area contributed by atoms with Crippen LogP contribution >= 0.6 is 0 Å². The van der Waals surface area contributed by atoms with Crippen LogP contribution in [0.5, 0.6) is 11.5 Å². The molecule has 0 unspecified atom stereocenters. The third-order valence-corrected chi connectivity index (χ3v) is 3.35. The zero-order valence-electron chi connectivity index (χ0n) is 13.8. The van der Waals surface area contributed by atoms with Crippen LogP contribution in [0.15, 0.2) is 47.1 Å². The summed E-state index contributed by atoms with van der Waals surface area (Å²) in [7, 11) is 0. The van der Waals surface area contributed by atoms with Gasteiger partial charge < -0.3 is 9.47 Å². The predicted molar refractivity (Wildman–Crippen MR) is 88.3 cm³/mol. The number of hydrogen-bond donors (Lipinski definition) is 0. The SMILES string of the molecule is C=CC=NC(C(=O)CCC(=O)c1ccc2c(c1)OC(F)(F)O2)=C(C)C. The molecule has 0 bridgehead atoms. The van der Waals surface area contributed by atoms with Crippen molar-refractivity contribution in [2.45, 2.75) is 33.0 Å². The number of hydrogen-bond acceptors (Lipinski definition) is 5. The highest BCUT2D eigenvalue weighted by atomic mass is 19.3. The van der Waals surface area contributed by atoms with Crippen molar-refractivity contribution in [2.75, 3.05) is 0 Å². The third-order valence-electron chi connectivity index (χ3n) is 3.35. The molecule has 1 aromatic rings. The molecule has 1 aliphatic rings. The Balaban J connectivity index is 2.04. The first-order chi connectivity index (χ1) is 11.7. The number of carbonyl (C=O) groups is 2. The second-order valence-electron chi connectivity index (χ2n) is 5.54. The van der Waals surface area contributed by atoms with Gasteiger partial charge in [0, 0.05) is 24.6 Å². The Labute approximate surface area is 143 Å². The molecule has 0 N–H and O–H groups in total. The largest absolute Gasteiger partial charge is 0.586 e. The smallest absolute Gasteiger partial charge is 0.395 e. The van der Waals surface area contributed by atoms with Crippen molar-refractivity contribution in [3.05, 3.63) is 47.7 Å². The van der Waals surface area contributed by atoms with E-state index in [0.717, 1.165) is 5.57 Å². The summed E-state index contributed by atoms with van der Waals surface area (Å²) in [6.45, 7) is 6.98. The summed E-state index contributed by atoms with van der Waals surface area (Å²) in [6, 6.07) is 3.77. The van der Waals surface area contributed by atoms with Crippen LogP contribution in [0.3, 0.4) is 0 Å². The number of ether oxygens (including phenoxy) is 2. The molecule has 0 saturated carbocycles. The molecule has 0 spiro atoms. The molecule has 0 fully saturated rings. The Hall–Kier alpha value is -2.83. The first-order valence-electron chi connectivity index (χ1n) is 7.52. The van der Waals surface area contributed by atoms with Gasteiger partial charge in [-0.2, -0.15) is 0 Å². The lowest BCUT2D eigenvalue weighted by Crippen LogP contribution is -2.25. The molecule has 5 nitrogen and oxygen atoms in total. The van der Waals surface area contributed by atoms with Gasteiger partial charge in [0.05, 0.1) is 0 Å². The average Bonchev–Trinajstić information content (AvgIpc) is 2.85. The molecule has 0 atom stereocenters. The van der Waals surface area contributed by atoms with Gasteiger partial charge in [-0.1, -0.05) is 12.7 Å². The van der Waals surface area contributed by atoms with E-state index in [2.05, 4.69) is 21.0 Å². The second-order valence-corrected chi connectivity index (χ2v) is 5.54. The van der Waals surface area contributed by atoms with E-state index in [1.165, 1.54) is 30.5 Å². The molecule has 0 aromatic heterocycles. The molecule has 0 amide bonds. The minimum absolute atomic E-state index is 0.0432. The molecule has 1 heterocycles. The fourth-order valence-electron chi connectivity index (χ4n) is 2.22. The summed E-state index contributed by atoms with van der Waals surface area (Å²) in [5, 5.41) is 0. The predicted octanol–water partition coefficient (Wildman–Crippen LogP) is 4.09. The zero-order valence-corrected chi connectivity index (χ0v) is 13.8. The monoisotopic (exact) mass is 349 g/mol. The number of aliphatic imine (C=N–C) groups is 1. The fraction of sp³-hybridized carbons (Fsp3) is 0.278. The lowest BCUT2D eigenvalue weighted by molar-refractivity contribution is -0.286. The van der Waals surface area contributed by atoms with Crippen LogP contribution in [0.2, 0.25) is 0 Å². The number of carbonyl (C=O) groups excluding carboxylic acids is 2. The van der Waals surface area contributed by atoms with Gasteiger partial charge in [-0.3, -0.25) is 14.6 Å². The molecule has 25 heavy (non-hydrogen) atoms. The van der Waals surface area contributed by atoms with Gasteiger partial charge in [0.25, 0.3) is 0 Å². The average molecular weight is 349 g/mol. The zero-order chi connectivity index (χ0) is 18.6. The molecule has 7 heteroatoms. The van der Waals surface area contributed by atoms with E-state index in [1.54, 1.807) is 13.8 Å². The van der Waals surface area contributed by atoms with E-state index < -0.39 is 6.29 Å². The maximum atomic E-state index is 13.0. The van der Waals surface area contributed by atoms with Gasteiger partial charge in [0.1, 0.15) is 5.70 Å². The molecule has 0 aliphatic carbocycles. The number of nitrogens with zero attached hydrogens (tertiary/aromatic N) is 1. The van der Waals surface area contributed by atoms with E-state index in [-0.39, 0.29) is 47.2 Å². The standard InChI is InChI=1S/C18H17F2NO4/c1-4-9-21-17(11(2)3)14(23)7-6-13(22)12-5-8-15-16(10-12)25-18(19,20)24-15/h4-5,8-10H,1,6-7H2,2-3H3. The number of fused-ring (bicyclic) bond motifs is 1. The van der Waals surface area contributed by atoms with Crippen LogP contribution in [0.25, 0.3) is 0 Å². The number of Topliss-reactive ketones (excluding diaryl/α,β-unsaturated/α-hetero) is 2. The van der Waals surface area contributed by atoms with Crippen molar-refractivity contribution in [1.82, 2.24) is 0 Å². The van der Waals surface area contributed by atoms with E-state index >= 15 is 0 Å². The van der Waals surface area contributed by atoms with E-state index in [1.807, 2.05) is 0 Å². The Morgan fingerprint density at radius 2 is 1.88 bits per heavy atom. The number of alkyl halides is 2. The van der Waals surface area contributed by atoms with Crippen LogP contribution in [0, 0.1) is 0 Å². The second kappa shape index (κ2) is 7.38. The normalized spacial score (nSPS) is 14.4. The minimum atomic E-state index is -3.73. The summed E-state index contributed by atoms with van der Waals surface area (Å²) in [4.78, 5) is 28.4. The maximum absolute atomic E-state index is 13.0. The molecule has 0 saturated heterocycles. The minimum Gasteiger partial charge on any atom is -0.395 e. The van der Waals surface area contributed by atoms with Gasteiger partial charge in [-0.25, -0.2) is 0 Å². The number of benzene rings is 1. The highest BCUT2D eigenvalue weighted by Crippen LogP contribution is 2.41. The topological polar surface area (TPSA) is 65.0 Å². The van der Waals surface area contributed by atoms with Crippen LogP contribution in [-0.2, 0) is 4.79 Å². The van der Waals surface area contributed by atoms with Gasteiger partial charge in [0.2, 0.25) is 0 Å². The number of halogens is 2. The third kappa shape index (κ3) is 4.59. The highest BCUT2D eigenvalue weighted by Gasteiger charge is 2.43. The first-order valence-corrected chi connectivity index (χ1v) is 7.52. The van der Waals surface area contributed by atoms with Crippen molar-refractivity contribution < 1.29 is 27.8 Å². The molecule has 1 aliphatic heterocycles. The molecule has 0 radical (unpaired) electrons. The van der Waals surface area contributed by atoms with E-state index in [0.29, 0.717) is 0 Å². The highest BCUT2D eigenvalue weighted by molar-refractivity contribution is 6.02. The van der Waals surface area contributed by atoms with Crippen molar-refractivity contribution in [2.24, 2.45) is 4.99 Å². The Kier molecular flexibility index (Phi) is 5.46. The number of rotatable bonds is 7. The van der Waals surface area contributed by atoms with Crippen LogP contribution in [-0.4, -0.2) is 24.1 Å². The maximum Gasteiger partial charge on any atom is 0.586 e. The summed E-state index contributed by atoms with van der Waals surface area (Å²) in [5.41, 5.74) is 1.17. The van der Waals surface area contributed by atoms with Crippen LogP contribution in [0.4, 0.5) is 8.78 Å². The van der Waals surface area contributed by atoms with Crippen molar-refractivity contribution in [3.8, 4) is 11.5 Å². The van der Waals surface area contributed by atoms with E-state index in [4.69, 9.17) is 0 Å². The molecule has 1 aromatic carbocycles. The number of allylic oxidation sites excluding steroid dienone is 3. The molecular weight excluding hydrogens is 332 g/mol. The van der Waals surface area contributed by atoms with E-state index in [9.17, 15) is 18.4 Å². The first kappa shape index (κ1) is 18.5. The summed E-state index contributed by atoms with van der Waals surface area (Å²) in [6.07, 6.45) is -1.00. The van der Waals surface area contributed by atoms with Gasteiger partial charge in [0.15, 0.2) is 23.1 Å². The lowest BCUT2D eigenvalue weighted by Gasteiger charge is -2.05. The lowest BCUT2D eigenvalue weighted by atomic mass is 10.0. The van der Waals surface area contributed by atoms with Crippen molar-refractivity contribution in [1.29, 1.82) is 0 Å². The Bertz CT molecular complexity index is 777. The quantitative estimate of drug-likeness (QED) is 0.422. The molecule has 2 rings (SSSR count). The number of ketones is 2. The molecule has 132 valence electrons. The Morgan fingerprint density at radius 1 is 1.20 bits per heavy atom. The summed E-state index contributed by atoms with van der Waals surface area (Å²) >= 11 is 0. The summed E-state index contributed by atoms with van der Waals surface area (Å²) in [5.74, 6) is -0.986. The molecular formula is C18H17F2NO4.